The molecule has 3 aromatic rings. The summed E-state index contributed by atoms with van der Waals surface area (Å²) in [5.41, 5.74) is 3.99. The fourth-order valence-electron chi connectivity index (χ4n) is 3.27. The normalized spacial score (nSPS) is 13.4. The molecule has 4 rings (SSSR count). The molecule has 0 radical (unpaired) electrons. The lowest BCUT2D eigenvalue weighted by Gasteiger charge is -2.20. The fraction of sp³-hybridized carbons (Fsp3) is 0.182. The Morgan fingerprint density at radius 1 is 1.00 bits per heavy atom. The van der Waals surface area contributed by atoms with Crippen molar-refractivity contribution in [3.05, 3.63) is 82.1 Å². The maximum absolute atomic E-state index is 12.9. The molecule has 0 unspecified atom stereocenters. The molecule has 1 amide bonds. The average molecular weight is 413 g/mol. The van der Waals surface area contributed by atoms with Crippen molar-refractivity contribution in [1.82, 2.24) is 9.88 Å². The van der Waals surface area contributed by atoms with Crippen LogP contribution in [0, 0.1) is 0 Å². The number of fused-ring (bicyclic) bond motifs is 1. The molecule has 2 heterocycles. The van der Waals surface area contributed by atoms with Crippen LogP contribution in [0.3, 0.4) is 0 Å². The van der Waals surface area contributed by atoms with Crippen molar-refractivity contribution in [2.24, 2.45) is 0 Å². The van der Waals surface area contributed by atoms with Crippen LogP contribution >= 0.6 is 23.2 Å². The van der Waals surface area contributed by atoms with Crippen LogP contribution in [0.25, 0.3) is 11.1 Å². The van der Waals surface area contributed by atoms with Crippen molar-refractivity contribution in [3.63, 3.8) is 0 Å². The van der Waals surface area contributed by atoms with Gasteiger partial charge in [0, 0.05) is 24.5 Å². The summed E-state index contributed by atoms with van der Waals surface area (Å²) in [6.45, 7) is 1.52. The van der Waals surface area contributed by atoms with Crippen molar-refractivity contribution in [1.29, 1.82) is 0 Å². The van der Waals surface area contributed by atoms with Crippen LogP contribution in [-0.4, -0.2) is 28.9 Å². The number of amides is 1. The molecule has 142 valence electrons. The summed E-state index contributed by atoms with van der Waals surface area (Å²) in [7, 11) is 0. The van der Waals surface area contributed by atoms with E-state index in [4.69, 9.17) is 27.9 Å². The Kier molecular flexibility index (Phi) is 5.51. The van der Waals surface area contributed by atoms with E-state index < -0.39 is 0 Å². The standard InChI is InChI=1S/C22H18Cl2N2O2/c23-19-3-1-15(11-20(19)24)12-22(27)26-9-10-28-21-4-2-17(13-18(21)14-26)16-5-7-25-8-6-16/h1-8,11,13H,9-10,12,14H2. The van der Waals surface area contributed by atoms with Crippen molar-refractivity contribution in [2.45, 2.75) is 13.0 Å². The van der Waals surface area contributed by atoms with Crippen LogP contribution in [0.15, 0.2) is 60.9 Å². The van der Waals surface area contributed by atoms with E-state index in [-0.39, 0.29) is 12.3 Å². The first-order valence-corrected chi connectivity index (χ1v) is 9.73. The van der Waals surface area contributed by atoms with Gasteiger partial charge < -0.3 is 9.64 Å². The highest BCUT2D eigenvalue weighted by molar-refractivity contribution is 6.42. The third-order valence-corrected chi connectivity index (χ3v) is 5.49. The molecule has 2 aromatic carbocycles. The van der Waals surface area contributed by atoms with Crippen LogP contribution in [0.4, 0.5) is 0 Å². The minimum atomic E-state index is 0.0316. The first-order chi connectivity index (χ1) is 13.6. The van der Waals surface area contributed by atoms with E-state index in [0.29, 0.717) is 29.7 Å². The summed E-state index contributed by atoms with van der Waals surface area (Å²) in [4.78, 5) is 18.8. The Balaban J connectivity index is 1.55. The predicted octanol–water partition coefficient (Wildman–Crippen LogP) is 5.02. The van der Waals surface area contributed by atoms with Gasteiger partial charge in [0.15, 0.2) is 0 Å². The molecule has 0 aliphatic carbocycles. The molecule has 0 bridgehead atoms. The second-order valence-electron chi connectivity index (χ2n) is 6.65. The predicted molar refractivity (Wildman–Crippen MR) is 111 cm³/mol. The Hall–Kier alpha value is -2.56. The van der Waals surface area contributed by atoms with Gasteiger partial charge in [-0.25, -0.2) is 0 Å². The van der Waals surface area contributed by atoms with Gasteiger partial charge in [-0.05, 0) is 53.1 Å². The first kappa shape index (κ1) is 18.8. The fourth-order valence-corrected chi connectivity index (χ4v) is 3.59. The topological polar surface area (TPSA) is 42.4 Å². The van der Waals surface area contributed by atoms with Gasteiger partial charge in [0.2, 0.25) is 5.91 Å². The first-order valence-electron chi connectivity index (χ1n) is 8.98. The van der Waals surface area contributed by atoms with Crippen molar-refractivity contribution in [2.75, 3.05) is 13.2 Å². The molecule has 0 saturated carbocycles. The van der Waals surface area contributed by atoms with Gasteiger partial charge in [-0.15, -0.1) is 0 Å². The largest absolute Gasteiger partial charge is 0.491 e. The van der Waals surface area contributed by atoms with Crippen LogP contribution < -0.4 is 4.74 Å². The second-order valence-corrected chi connectivity index (χ2v) is 7.46. The van der Waals surface area contributed by atoms with E-state index in [2.05, 4.69) is 11.1 Å². The molecule has 28 heavy (non-hydrogen) atoms. The Labute approximate surface area is 173 Å². The highest BCUT2D eigenvalue weighted by atomic mass is 35.5. The molecule has 0 atom stereocenters. The molecular weight excluding hydrogens is 395 g/mol. The number of benzene rings is 2. The maximum atomic E-state index is 12.9. The zero-order valence-corrected chi connectivity index (χ0v) is 16.6. The van der Waals surface area contributed by atoms with E-state index in [0.717, 1.165) is 28.0 Å². The third kappa shape index (κ3) is 4.13. The Bertz CT molecular complexity index is 1010. The Morgan fingerprint density at radius 3 is 2.61 bits per heavy atom. The lowest BCUT2D eigenvalue weighted by Crippen LogP contribution is -2.33. The third-order valence-electron chi connectivity index (χ3n) is 4.75. The number of aromatic nitrogens is 1. The number of hydrogen-bond acceptors (Lipinski definition) is 3. The molecule has 4 nitrogen and oxygen atoms in total. The molecule has 1 aliphatic heterocycles. The lowest BCUT2D eigenvalue weighted by atomic mass is 10.0. The van der Waals surface area contributed by atoms with Gasteiger partial charge >= 0.3 is 0 Å². The summed E-state index contributed by atoms with van der Waals surface area (Å²) in [5, 5.41) is 0.942. The van der Waals surface area contributed by atoms with E-state index in [1.807, 2.05) is 35.2 Å². The van der Waals surface area contributed by atoms with E-state index in [9.17, 15) is 4.79 Å². The monoisotopic (exact) mass is 412 g/mol. The molecule has 0 N–H and O–H groups in total. The van der Waals surface area contributed by atoms with E-state index >= 15 is 0 Å². The summed E-state index contributed by atoms with van der Waals surface area (Å²) < 4.78 is 5.86. The van der Waals surface area contributed by atoms with Crippen molar-refractivity contribution in [3.8, 4) is 16.9 Å². The molecule has 0 saturated heterocycles. The van der Waals surface area contributed by atoms with Crippen LogP contribution in [0.5, 0.6) is 5.75 Å². The van der Waals surface area contributed by atoms with Gasteiger partial charge in [0.05, 0.1) is 23.0 Å². The molecule has 6 heteroatoms. The highest BCUT2D eigenvalue weighted by Gasteiger charge is 2.21. The SMILES string of the molecule is O=C(Cc1ccc(Cl)c(Cl)c1)N1CCOc2ccc(-c3ccncc3)cc2C1. The molecule has 0 fully saturated rings. The van der Waals surface area contributed by atoms with Gasteiger partial charge in [0.1, 0.15) is 12.4 Å². The minimum absolute atomic E-state index is 0.0316. The highest BCUT2D eigenvalue weighted by Crippen LogP contribution is 2.29. The summed E-state index contributed by atoms with van der Waals surface area (Å²) in [6.07, 6.45) is 3.81. The number of ether oxygens (including phenoxy) is 1. The molecular formula is C22H18Cl2N2O2. The number of halogens is 2. The molecule has 1 aromatic heterocycles. The Morgan fingerprint density at radius 2 is 1.82 bits per heavy atom. The zero-order chi connectivity index (χ0) is 19.5. The maximum Gasteiger partial charge on any atom is 0.227 e. The van der Waals surface area contributed by atoms with Crippen LogP contribution in [0.2, 0.25) is 10.0 Å². The molecule has 1 aliphatic rings. The van der Waals surface area contributed by atoms with Gasteiger partial charge in [0.25, 0.3) is 0 Å². The summed E-state index contributed by atoms with van der Waals surface area (Å²) >= 11 is 12.0. The summed E-state index contributed by atoms with van der Waals surface area (Å²) in [6, 6.07) is 15.3. The number of pyridine rings is 1. The lowest BCUT2D eigenvalue weighted by molar-refractivity contribution is -0.131. The second kappa shape index (κ2) is 8.21. The van der Waals surface area contributed by atoms with Crippen molar-refractivity contribution < 1.29 is 9.53 Å². The minimum Gasteiger partial charge on any atom is -0.491 e. The van der Waals surface area contributed by atoms with Gasteiger partial charge in [-0.1, -0.05) is 35.3 Å². The van der Waals surface area contributed by atoms with E-state index in [1.54, 1.807) is 24.5 Å². The number of carbonyl (C=O) groups excluding carboxylic acids is 1. The quantitative estimate of drug-likeness (QED) is 0.606. The zero-order valence-electron chi connectivity index (χ0n) is 15.1. The molecule has 0 spiro atoms. The average Bonchev–Trinajstić information content (AvgIpc) is 2.93. The summed E-state index contributed by atoms with van der Waals surface area (Å²) in [5.74, 6) is 0.854. The smallest absolute Gasteiger partial charge is 0.227 e. The van der Waals surface area contributed by atoms with Crippen molar-refractivity contribution >= 4 is 29.1 Å². The van der Waals surface area contributed by atoms with E-state index in [1.165, 1.54) is 0 Å². The van der Waals surface area contributed by atoms with Crippen LogP contribution in [0.1, 0.15) is 11.1 Å². The number of carbonyl (C=O) groups is 1. The number of hydrogen-bond donors (Lipinski definition) is 0. The number of rotatable bonds is 3. The number of nitrogens with zero attached hydrogens (tertiary/aromatic N) is 2. The van der Waals surface area contributed by atoms with Gasteiger partial charge in [-0.3, -0.25) is 9.78 Å². The van der Waals surface area contributed by atoms with Gasteiger partial charge in [-0.2, -0.15) is 0 Å². The van der Waals surface area contributed by atoms with Crippen LogP contribution in [-0.2, 0) is 17.8 Å².